The fourth-order valence-corrected chi connectivity index (χ4v) is 3.98. The number of carboxylic acid groups (broad SMARTS) is 2. The maximum Gasteiger partial charge on any atom is 0.490 e. The van der Waals surface area contributed by atoms with E-state index in [9.17, 15) is 31.1 Å². The molecule has 0 aromatic carbocycles. The minimum atomic E-state index is -5.08. The van der Waals surface area contributed by atoms with Crippen LogP contribution < -0.4 is 0 Å². The number of ether oxygens (including phenoxy) is 1. The third-order valence-corrected chi connectivity index (χ3v) is 5.62. The van der Waals surface area contributed by atoms with Crippen LogP contribution in [0.4, 0.5) is 26.3 Å². The van der Waals surface area contributed by atoms with E-state index in [1.807, 2.05) is 17.0 Å². The van der Waals surface area contributed by atoms with Crippen molar-refractivity contribution in [3.63, 3.8) is 0 Å². The van der Waals surface area contributed by atoms with Crippen LogP contribution in [0.3, 0.4) is 0 Å². The van der Waals surface area contributed by atoms with E-state index in [0.717, 1.165) is 45.8 Å². The van der Waals surface area contributed by atoms with Gasteiger partial charge in [-0.2, -0.15) is 26.3 Å². The minimum absolute atomic E-state index is 0.133. The highest BCUT2D eigenvalue weighted by Gasteiger charge is 2.44. The van der Waals surface area contributed by atoms with Crippen molar-refractivity contribution < 1.29 is 55.7 Å². The molecular weight excluding hydrogens is 492 g/mol. The Labute approximate surface area is 195 Å². The number of carboxylic acids is 2. The normalized spacial score (nSPS) is 24.1. The predicted octanol–water partition coefficient (Wildman–Crippen LogP) is 2.14. The lowest BCUT2D eigenvalue weighted by Gasteiger charge is -2.25. The summed E-state index contributed by atoms with van der Waals surface area (Å²) in [5.41, 5.74) is 0.707. The van der Waals surface area contributed by atoms with E-state index < -0.39 is 24.3 Å². The van der Waals surface area contributed by atoms with Gasteiger partial charge in [0.05, 0.1) is 12.2 Å². The molecule has 3 saturated heterocycles. The summed E-state index contributed by atoms with van der Waals surface area (Å²) in [6.07, 6.45) is -5.63. The zero-order valence-electron chi connectivity index (χ0n) is 18.1. The molecule has 1 aromatic rings. The second-order valence-electron chi connectivity index (χ2n) is 8.05. The summed E-state index contributed by atoms with van der Waals surface area (Å²) < 4.78 is 69.0. The van der Waals surface area contributed by atoms with Crippen molar-refractivity contribution >= 4 is 17.8 Å². The van der Waals surface area contributed by atoms with Gasteiger partial charge in [-0.25, -0.2) is 9.59 Å². The van der Waals surface area contributed by atoms with Gasteiger partial charge in [0.1, 0.15) is 0 Å². The fourth-order valence-electron chi connectivity index (χ4n) is 3.98. The number of hydrogen-bond donors (Lipinski definition) is 2. The van der Waals surface area contributed by atoms with Gasteiger partial charge in [-0.05, 0) is 30.4 Å². The van der Waals surface area contributed by atoms with Gasteiger partial charge in [0, 0.05) is 51.2 Å². The molecule has 1 amide bonds. The average Bonchev–Trinajstić information content (AvgIpc) is 3.49. The molecule has 3 fully saturated rings. The van der Waals surface area contributed by atoms with Gasteiger partial charge < -0.3 is 19.8 Å². The van der Waals surface area contributed by atoms with Gasteiger partial charge in [-0.1, -0.05) is 0 Å². The van der Waals surface area contributed by atoms with Gasteiger partial charge in [0.2, 0.25) is 0 Å². The Hall–Kier alpha value is -2.94. The Morgan fingerprint density at radius 3 is 1.83 bits per heavy atom. The van der Waals surface area contributed by atoms with E-state index in [4.69, 9.17) is 24.5 Å². The number of hydrogen-bond acceptors (Lipinski definition) is 6. The topological polar surface area (TPSA) is 120 Å². The van der Waals surface area contributed by atoms with Gasteiger partial charge >= 0.3 is 24.3 Å². The van der Waals surface area contributed by atoms with Crippen LogP contribution >= 0.6 is 0 Å². The van der Waals surface area contributed by atoms with Crippen molar-refractivity contribution in [2.24, 2.45) is 11.8 Å². The molecule has 4 heterocycles. The highest BCUT2D eigenvalue weighted by atomic mass is 19.4. The van der Waals surface area contributed by atoms with E-state index in [1.54, 1.807) is 12.4 Å². The summed E-state index contributed by atoms with van der Waals surface area (Å²) in [4.78, 5) is 38.9. The van der Waals surface area contributed by atoms with Crippen LogP contribution in [0.15, 0.2) is 24.5 Å². The summed E-state index contributed by atoms with van der Waals surface area (Å²) in [5.74, 6) is -4.12. The maximum absolute atomic E-state index is 12.5. The molecule has 3 aliphatic heterocycles. The maximum atomic E-state index is 12.5. The molecule has 0 spiro atoms. The zero-order chi connectivity index (χ0) is 26.4. The quantitative estimate of drug-likeness (QED) is 0.575. The number of fused-ring (bicyclic) bond motifs is 1. The number of carbonyl (C=O) groups excluding carboxylic acids is 1. The Balaban J connectivity index is 0.000000257. The number of aliphatic carboxylic acids is 2. The molecule has 0 bridgehead atoms. The first kappa shape index (κ1) is 28.3. The molecule has 0 aliphatic carbocycles. The summed E-state index contributed by atoms with van der Waals surface area (Å²) in [6, 6.07) is 4.29. The largest absolute Gasteiger partial charge is 0.490 e. The first-order valence-electron chi connectivity index (χ1n) is 10.3. The molecule has 3 aliphatic rings. The van der Waals surface area contributed by atoms with Crippen LogP contribution in [0.2, 0.25) is 0 Å². The lowest BCUT2D eigenvalue weighted by Crippen LogP contribution is -2.38. The third-order valence-electron chi connectivity index (χ3n) is 5.62. The fraction of sp³-hybridized carbons (Fsp3) is 0.600. The zero-order valence-corrected chi connectivity index (χ0v) is 18.1. The van der Waals surface area contributed by atoms with E-state index in [-0.39, 0.29) is 5.91 Å². The molecule has 3 atom stereocenters. The lowest BCUT2D eigenvalue weighted by molar-refractivity contribution is -0.193. The lowest BCUT2D eigenvalue weighted by atomic mass is 10.0. The number of nitrogens with zero attached hydrogens (tertiary/aromatic N) is 3. The Kier molecular flexibility index (Phi) is 9.43. The van der Waals surface area contributed by atoms with E-state index in [1.165, 1.54) is 0 Å². The first-order valence-corrected chi connectivity index (χ1v) is 10.3. The van der Waals surface area contributed by atoms with Crippen LogP contribution in [-0.2, 0) is 14.3 Å². The van der Waals surface area contributed by atoms with Crippen LogP contribution in [0, 0.1) is 11.8 Å². The number of alkyl halides is 6. The average molecular weight is 515 g/mol. The number of pyridine rings is 1. The SMILES string of the molecule is O=C(O)C(F)(F)F.O=C(O)C(F)(F)F.O=C(c1cccnc1)N1C[C@@H]2CN(C3CCOC3)C[C@@H]2C1. The molecule has 0 radical (unpaired) electrons. The number of amides is 1. The highest BCUT2D eigenvalue weighted by Crippen LogP contribution is 2.34. The standard InChI is InChI=1S/C16H21N3O2.2C2HF3O2/c20-16(12-2-1-4-17-6-12)19-9-13-7-18(8-14(13)10-19)15-3-5-21-11-15;2*3-2(4,5)1(6)7/h1-2,4,6,13-15H,3,5,7-11H2;2*(H,6,7)/t13-,14+,15?;;. The van der Waals surface area contributed by atoms with E-state index >= 15 is 0 Å². The number of rotatable bonds is 2. The molecule has 0 saturated carbocycles. The van der Waals surface area contributed by atoms with Crippen LogP contribution in [-0.4, -0.2) is 101 Å². The predicted molar refractivity (Wildman–Crippen MR) is 105 cm³/mol. The molecule has 15 heteroatoms. The van der Waals surface area contributed by atoms with Gasteiger partial charge in [-0.15, -0.1) is 0 Å². The van der Waals surface area contributed by atoms with Crippen molar-refractivity contribution in [1.29, 1.82) is 0 Å². The molecular formula is C20H23F6N3O6. The summed E-state index contributed by atoms with van der Waals surface area (Å²) >= 11 is 0. The molecule has 2 N–H and O–H groups in total. The number of aromatic nitrogens is 1. The second kappa shape index (κ2) is 11.7. The van der Waals surface area contributed by atoms with Crippen molar-refractivity contribution in [2.75, 3.05) is 39.4 Å². The first-order chi connectivity index (χ1) is 16.2. The van der Waals surface area contributed by atoms with Crippen molar-refractivity contribution in [2.45, 2.75) is 24.8 Å². The Morgan fingerprint density at radius 2 is 1.46 bits per heavy atom. The summed E-state index contributed by atoms with van der Waals surface area (Å²) in [7, 11) is 0. The highest BCUT2D eigenvalue weighted by molar-refractivity contribution is 5.94. The van der Waals surface area contributed by atoms with Gasteiger partial charge in [0.25, 0.3) is 5.91 Å². The van der Waals surface area contributed by atoms with E-state index in [2.05, 4.69) is 9.88 Å². The summed E-state index contributed by atoms with van der Waals surface area (Å²) in [6.45, 7) is 5.82. The molecule has 1 aromatic heterocycles. The Bertz CT molecular complexity index is 838. The molecule has 35 heavy (non-hydrogen) atoms. The smallest absolute Gasteiger partial charge is 0.475 e. The Morgan fingerprint density at radius 1 is 0.943 bits per heavy atom. The number of halogens is 6. The van der Waals surface area contributed by atoms with Crippen molar-refractivity contribution in [3.8, 4) is 0 Å². The van der Waals surface area contributed by atoms with Gasteiger partial charge in [-0.3, -0.25) is 14.7 Å². The minimum Gasteiger partial charge on any atom is -0.475 e. The van der Waals surface area contributed by atoms with Gasteiger partial charge in [0.15, 0.2) is 0 Å². The molecule has 4 rings (SSSR count). The van der Waals surface area contributed by atoms with E-state index in [0.29, 0.717) is 23.4 Å². The van der Waals surface area contributed by atoms with Crippen molar-refractivity contribution in [1.82, 2.24) is 14.8 Å². The summed E-state index contributed by atoms with van der Waals surface area (Å²) in [5, 5.41) is 14.2. The molecule has 9 nitrogen and oxygen atoms in total. The van der Waals surface area contributed by atoms with Crippen molar-refractivity contribution in [3.05, 3.63) is 30.1 Å². The molecule has 1 unspecified atom stereocenters. The van der Waals surface area contributed by atoms with Crippen LogP contribution in [0.25, 0.3) is 0 Å². The van der Waals surface area contributed by atoms with Crippen LogP contribution in [0.5, 0.6) is 0 Å². The number of likely N-dealkylation sites (tertiary alicyclic amines) is 2. The second-order valence-corrected chi connectivity index (χ2v) is 8.05. The van der Waals surface area contributed by atoms with Crippen LogP contribution in [0.1, 0.15) is 16.8 Å². The molecule has 196 valence electrons. The monoisotopic (exact) mass is 515 g/mol. The number of carbonyl (C=O) groups is 3. The third kappa shape index (κ3) is 8.35.